The van der Waals surface area contributed by atoms with Crippen molar-refractivity contribution < 1.29 is 14.7 Å². The maximum Gasteiger partial charge on any atom is 0.308 e. The average molecular weight is 291 g/mol. The quantitative estimate of drug-likeness (QED) is 0.917. The molecule has 6 heteroatoms. The fraction of sp³-hybridized carbons (Fsp3) is 0.600. The SMILES string of the molecule is CC1CC(C(=O)O)CN(C(=O)c2cncnc2C(C)C)C1. The predicted molar refractivity (Wildman–Crippen MR) is 76.9 cm³/mol. The van der Waals surface area contributed by atoms with Crippen molar-refractivity contribution in [2.75, 3.05) is 13.1 Å². The Kier molecular flexibility index (Phi) is 4.55. The second-order valence-corrected chi connectivity index (χ2v) is 6.06. The summed E-state index contributed by atoms with van der Waals surface area (Å²) >= 11 is 0. The maximum atomic E-state index is 12.7. The van der Waals surface area contributed by atoms with Gasteiger partial charge in [-0.2, -0.15) is 0 Å². The van der Waals surface area contributed by atoms with Gasteiger partial charge in [-0.25, -0.2) is 9.97 Å². The van der Waals surface area contributed by atoms with Gasteiger partial charge in [0, 0.05) is 19.3 Å². The van der Waals surface area contributed by atoms with Gasteiger partial charge in [0.15, 0.2) is 0 Å². The summed E-state index contributed by atoms with van der Waals surface area (Å²) in [5, 5.41) is 9.21. The zero-order valence-electron chi connectivity index (χ0n) is 12.6. The van der Waals surface area contributed by atoms with Gasteiger partial charge in [-0.15, -0.1) is 0 Å². The lowest BCUT2D eigenvalue weighted by Gasteiger charge is -2.35. The second-order valence-electron chi connectivity index (χ2n) is 6.06. The summed E-state index contributed by atoms with van der Waals surface area (Å²) < 4.78 is 0. The maximum absolute atomic E-state index is 12.7. The van der Waals surface area contributed by atoms with E-state index in [2.05, 4.69) is 9.97 Å². The Morgan fingerprint density at radius 1 is 1.38 bits per heavy atom. The van der Waals surface area contributed by atoms with E-state index in [0.29, 0.717) is 24.2 Å². The molecule has 1 saturated heterocycles. The molecule has 1 N–H and O–H groups in total. The van der Waals surface area contributed by atoms with Crippen molar-refractivity contribution >= 4 is 11.9 Å². The van der Waals surface area contributed by atoms with Crippen LogP contribution in [0, 0.1) is 11.8 Å². The highest BCUT2D eigenvalue weighted by molar-refractivity contribution is 5.95. The molecule has 2 rings (SSSR count). The third kappa shape index (κ3) is 3.37. The zero-order valence-corrected chi connectivity index (χ0v) is 12.6. The Hall–Kier alpha value is -1.98. The smallest absolute Gasteiger partial charge is 0.308 e. The van der Waals surface area contributed by atoms with Crippen molar-refractivity contribution in [3.8, 4) is 0 Å². The standard InChI is InChI=1S/C15H21N3O3/c1-9(2)13-12(5-16-8-17-13)14(19)18-6-10(3)4-11(7-18)15(20)21/h5,8-11H,4,6-7H2,1-3H3,(H,20,21). The van der Waals surface area contributed by atoms with Gasteiger partial charge in [-0.05, 0) is 18.3 Å². The number of aliphatic carboxylic acids is 1. The van der Waals surface area contributed by atoms with E-state index in [1.165, 1.54) is 12.5 Å². The largest absolute Gasteiger partial charge is 0.481 e. The van der Waals surface area contributed by atoms with E-state index >= 15 is 0 Å². The number of hydrogen-bond acceptors (Lipinski definition) is 4. The summed E-state index contributed by atoms with van der Waals surface area (Å²) in [6.07, 6.45) is 3.58. The number of nitrogens with zero attached hydrogens (tertiary/aromatic N) is 3. The molecule has 2 unspecified atom stereocenters. The van der Waals surface area contributed by atoms with E-state index in [-0.39, 0.29) is 24.3 Å². The van der Waals surface area contributed by atoms with Gasteiger partial charge in [-0.1, -0.05) is 20.8 Å². The number of carboxylic acids is 1. The molecular formula is C15H21N3O3. The van der Waals surface area contributed by atoms with Crippen LogP contribution in [0.2, 0.25) is 0 Å². The Morgan fingerprint density at radius 3 is 2.71 bits per heavy atom. The molecule has 1 aliphatic rings. The molecule has 1 aliphatic heterocycles. The Bertz CT molecular complexity index is 545. The van der Waals surface area contributed by atoms with Gasteiger partial charge >= 0.3 is 5.97 Å². The number of amides is 1. The van der Waals surface area contributed by atoms with Crippen molar-refractivity contribution in [1.82, 2.24) is 14.9 Å². The molecule has 0 spiro atoms. The Balaban J connectivity index is 2.25. The average Bonchev–Trinajstić information content (AvgIpc) is 2.45. The Labute approximate surface area is 124 Å². The summed E-state index contributed by atoms with van der Waals surface area (Å²) in [6.45, 7) is 6.75. The number of piperidine rings is 1. The van der Waals surface area contributed by atoms with E-state index in [1.54, 1.807) is 4.90 Å². The van der Waals surface area contributed by atoms with Crippen LogP contribution in [-0.4, -0.2) is 44.9 Å². The number of likely N-dealkylation sites (tertiary alicyclic amines) is 1. The molecule has 2 atom stereocenters. The van der Waals surface area contributed by atoms with Crippen LogP contribution in [0.5, 0.6) is 0 Å². The number of hydrogen-bond donors (Lipinski definition) is 1. The predicted octanol–water partition coefficient (Wildman–Crippen LogP) is 1.78. The van der Waals surface area contributed by atoms with Crippen LogP contribution >= 0.6 is 0 Å². The van der Waals surface area contributed by atoms with Gasteiger partial charge in [0.25, 0.3) is 5.91 Å². The van der Waals surface area contributed by atoms with Gasteiger partial charge in [0.05, 0.1) is 17.2 Å². The molecule has 1 aromatic rings. The molecule has 0 radical (unpaired) electrons. The lowest BCUT2D eigenvalue weighted by atomic mass is 9.90. The normalized spacial score (nSPS) is 22.4. The molecule has 2 heterocycles. The van der Waals surface area contributed by atoms with Gasteiger partial charge in [-0.3, -0.25) is 9.59 Å². The van der Waals surface area contributed by atoms with Crippen LogP contribution < -0.4 is 0 Å². The van der Waals surface area contributed by atoms with Crippen LogP contribution in [-0.2, 0) is 4.79 Å². The summed E-state index contributed by atoms with van der Waals surface area (Å²) in [7, 11) is 0. The molecule has 1 fully saturated rings. The van der Waals surface area contributed by atoms with Crippen LogP contribution in [0.25, 0.3) is 0 Å². The van der Waals surface area contributed by atoms with Crippen molar-refractivity contribution in [1.29, 1.82) is 0 Å². The second kappa shape index (κ2) is 6.20. The summed E-state index contributed by atoms with van der Waals surface area (Å²) in [5.41, 5.74) is 1.19. The van der Waals surface area contributed by atoms with Gasteiger partial charge in [0.2, 0.25) is 0 Å². The highest BCUT2D eigenvalue weighted by atomic mass is 16.4. The van der Waals surface area contributed by atoms with Crippen molar-refractivity contribution in [2.45, 2.75) is 33.1 Å². The molecule has 1 aromatic heterocycles. The number of carbonyl (C=O) groups is 2. The molecular weight excluding hydrogens is 270 g/mol. The highest BCUT2D eigenvalue weighted by Gasteiger charge is 2.33. The number of carbonyl (C=O) groups excluding carboxylic acids is 1. The van der Waals surface area contributed by atoms with Crippen LogP contribution in [0.4, 0.5) is 0 Å². The third-order valence-corrected chi connectivity index (χ3v) is 3.82. The lowest BCUT2D eigenvalue weighted by Crippen LogP contribution is -2.45. The lowest BCUT2D eigenvalue weighted by molar-refractivity contribution is -0.143. The third-order valence-electron chi connectivity index (χ3n) is 3.82. The first kappa shape index (κ1) is 15.4. The summed E-state index contributed by atoms with van der Waals surface area (Å²) in [6, 6.07) is 0. The minimum atomic E-state index is -0.840. The number of carboxylic acid groups (broad SMARTS) is 1. The Morgan fingerprint density at radius 2 is 2.10 bits per heavy atom. The summed E-state index contributed by atoms with van der Waals surface area (Å²) in [5.74, 6) is -1.21. The van der Waals surface area contributed by atoms with Crippen LogP contribution in [0.3, 0.4) is 0 Å². The van der Waals surface area contributed by atoms with E-state index in [4.69, 9.17) is 0 Å². The van der Waals surface area contributed by atoms with E-state index in [1.807, 2.05) is 20.8 Å². The number of aromatic nitrogens is 2. The van der Waals surface area contributed by atoms with E-state index < -0.39 is 11.9 Å². The number of rotatable bonds is 3. The fourth-order valence-corrected chi connectivity index (χ4v) is 2.83. The van der Waals surface area contributed by atoms with E-state index in [9.17, 15) is 14.7 Å². The molecule has 6 nitrogen and oxygen atoms in total. The first-order chi connectivity index (χ1) is 9.90. The monoisotopic (exact) mass is 291 g/mol. The van der Waals surface area contributed by atoms with Crippen molar-refractivity contribution in [3.63, 3.8) is 0 Å². The molecule has 0 aromatic carbocycles. The van der Waals surface area contributed by atoms with Crippen LogP contribution in [0.15, 0.2) is 12.5 Å². The highest BCUT2D eigenvalue weighted by Crippen LogP contribution is 2.25. The van der Waals surface area contributed by atoms with Gasteiger partial charge in [0.1, 0.15) is 6.33 Å². The molecule has 114 valence electrons. The first-order valence-corrected chi connectivity index (χ1v) is 7.22. The fourth-order valence-electron chi connectivity index (χ4n) is 2.83. The topological polar surface area (TPSA) is 83.4 Å². The molecule has 1 amide bonds. The summed E-state index contributed by atoms with van der Waals surface area (Å²) in [4.78, 5) is 33.7. The van der Waals surface area contributed by atoms with E-state index in [0.717, 1.165) is 0 Å². The first-order valence-electron chi connectivity index (χ1n) is 7.22. The zero-order chi connectivity index (χ0) is 15.6. The molecule has 21 heavy (non-hydrogen) atoms. The molecule has 0 bridgehead atoms. The van der Waals surface area contributed by atoms with Crippen molar-refractivity contribution in [2.24, 2.45) is 11.8 Å². The minimum Gasteiger partial charge on any atom is -0.481 e. The van der Waals surface area contributed by atoms with Crippen molar-refractivity contribution in [3.05, 3.63) is 23.8 Å². The molecule has 0 saturated carbocycles. The minimum absolute atomic E-state index is 0.115. The molecule has 0 aliphatic carbocycles. The van der Waals surface area contributed by atoms with Gasteiger partial charge < -0.3 is 10.0 Å². The van der Waals surface area contributed by atoms with Crippen LogP contribution in [0.1, 0.15) is 49.2 Å².